The number of rotatable bonds is 5. The highest BCUT2D eigenvalue weighted by Gasteiger charge is 2.27. The number of hydrogen-bond acceptors (Lipinski definition) is 3. The van der Waals surface area contributed by atoms with E-state index in [4.69, 9.17) is 4.74 Å². The molecule has 154 valence electrons. The Hall–Kier alpha value is -3.28. The highest BCUT2D eigenvalue weighted by atomic mass is 19.1. The summed E-state index contributed by atoms with van der Waals surface area (Å²) in [7, 11) is 0. The van der Waals surface area contributed by atoms with Crippen LogP contribution in [0.1, 0.15) is 25.0 Å². The minimum absolute atomic E-state index is 0.0596. The molecule has 0 bridgehead atoms. The molecule has 0 aliphatic carbocycles. The molecule has 1 saturated heterocycles. The van der Waals surface area contributed by atoms with Gasteiger partial charge >= 0.3 is 0 Å². The molecule has 1 aliphatic heterocycles. The minimum Gasteiger partial charge on any atom is -0.488 e. The molecule has 6 heteroatoms. The van der Waals surface area contributed by atoms with Crippen molar-refractivity contribution >= 4 is 16.7 Å². The molecule has 1 unspecified atom stereocenters. The zero-order valence-electron chi connectivity index (χ0n) is 16.7. The number of nitrogens with zero attached hydrogens (tertiary/aromatic N) is 2. The molecule has 1 aliphatic rings. The largest absolute Gasteiger partial charge is 0.488 e. The van der Waals surface area contributed by atoms with E-state index >= 15 is 0 Å². The second-order valence-electron chi connectivity index (χ2n) is 7.32. The van der Waals surface area contributed by atoms with Crippen molar-refractivity contribution in [2.45, 2.75) is 19.3 Å². The number of ether oxygens (including phenoxy) is 1. The van der Waals surface area contributed by atoms with Gasteiger partial charge in [-0.3, -0.25) is 9.78 Å². The summed E-state index contributed by atoms with van der Waals surface area (Å²) in [6.45, 7) is 6.73. The monoisotopic (exact) mass is 408 g/mol. The second kappa shape index (κ2) is 8.22. The Labute approximate surface area is 173 Å². The Morgan fingerprint density at radius 2 is 2.10 bits per heavy atom. The van der Waals surface area contributed by atoms with Crippen molar-refractivity contribution in [3.63, 3.8) is 0 Å². The lowest BCUT2D eigenvalue weighted by Gasteiger charge is -2.14. The summed E-state index contributed by atoms with van der Waals surface area (Å²) in [5.74, 6) is -1.66. The number of amides is 1. The predicted molar refractivity (Wildman–Crippen MR) is 112 cm³/mol. The normalized spacial score (nSPS) is 16.1. The van der Waals surface area contributed by atoms with Gasteiger partial charge in [0.05, 0.1) is 6.61 Å². The SMILES string of the molecule is C=CC(=O)N1CCC(c2cc3ccc(-c4ccc(F)c(OCC)c4F)cc3cn2)C1. The molecule has 30 heavy (non-hydrogen) atoms. The average Bonchev–Trinajstić information content (AvgIpc) is 3.26. The van der Waals surface area contributed by atoms with Crippen LogP contribution in [0.2, 0.25) is 0 Å². The third-order valence-electron chi connectivity index (χ3n) is 5.48. The molecular formula is C24H22F2N2O2. The van der Waals surface area contributed by atoms with Crippen LogP contribution in [0.5, 0.6) is 5.75 Å². The Morgan fingerprint density at radius 1 is 1.27 bits per heavy atom. The molecule has 1 atom stereocenters. The van der Waals surface area contributed by atoms with Crippen molar-refractivity contribution in [3.8, 4) is 16.9 Å². The van der Waals surface area contributed by atoms with E-state index in [1.807, 2.05) is 18.2 Å². The zero-order valence-corrected chi connectivity index (χ0v) is 16.7. The van der Waals surface area contributed by atoms with Gasteiger partial charge in [0.15, 0.2) is 17.4 Å². The number of fused-ring (bicyclic) bond motifs is 1. The van der Waals surface area contributed by atoms with Crippen LogP contribution in [0.3, 0.4) is 0 Å². The first-order valence-electron chi connectivity index (χ1n) is 9.94. The van der Waals surface area contributed by atoms with E-state index in [1.54, 1.807) is 24.1 Å². The molecule has 4 nitrogen and oxygen atoms in total. The number of hydrogen-bond donors (Lipinski definition) is 0. The fraction of sp³-hybridized carbons (Fsp3) is 0.250. The number of pyridine rings is 1. The van der Waals surface area contributed by atoms with Crippen molar-refractivity contribution in [1.29, 1.82) is 0 Å². The number of carbonyl (C=O) groups excluding carboxylic acids is 1. The maximum absolute atomic E-state index is 14.8. The molecule has 2 heterocycles. The van der Waals surface area contributed by atoms with E-state index in [1.165, 1.54) is 18.2 Å². The third kappa shape index (κ3) is 3.65. The van der Waals surface area contributed by atoms with E-state index in [0.29, 0.717) is 18.7 Å². The molecule has 0 radical (unpaired) electrons. The van der Waals surface area contributed by atoms with Crippen molar-refractivity contribution in [3.05, 3.63) is 72.6 Å². The van der Waals surface area contributed by atoms with Crippen LogP contribution in [0, 0.1) is 11.6 Å². The van der Waals surface area contributed by atoms with Gasteiger partial charge in [-0.1, -0.05) is 18.7 Å². The van der Waals surface area contributed by atoms with Crippen molar-refractivity contribution in [2.24, 2.45) is 0 Å². The van der Waals surface area contributed by atoms with E-state index in [0.717, 1.165) is 22.9 Å². The first kappa shape index (κ1) is 20.0. The Balaban J connectivity index is 1.64. The van der Waals surface area contributed by atoms with Crippen molar-refractivity contribution in [2.75, 3.05) is 19.7 Å². The summed E-state index contributed by atoms with van der Waals surface area (Å²) in [6.07, 6.45) is 3.96. The molecule has 4 rings (SSSR count). The number of carbonyl (C=O) groups is 1. The molecule has 2 aromatic carbocycles. The average molecular weight is 408 g/mol. The third-order valence-corrected chi connectivity index (χ3v) is 5.48. The lowest BCUT2D eigenvalue weighted by molar-refractivity contribution is -0.125. The van der Waals surface area contributed by atoms with Gasteiger partial charge < -0.3 is 9.64 Å². The standard InChI is InChI=1S/C24H22F2N2O2/c1-3-22(29)28-10-9-17(14-28)21-12-15-5-6-16(11-18(15)13-27-21)19-7-8-20(25)24(23(19)26)30-4-2/h3,5-8,11-13,17H,1,4,9-10,14H2,2H3. The van der Waals surface area contributed by atoms with Crippen LogP contribution in [-0.2, 0) is 4.79 Å². The Kier molecular flexibility index (Phi) is 5.48. The summed E-state index contributed by atoms with van der Waals surface area (Å²) < 4.78 is 33.8. The molecule has 0 saturated carbocycles. The number of halogens is 2. The fourth-order valence-corrected chi connectivity index (χ4v) is 3.91. The molecule has 0 N–H and O–H groups in total. The van der Waals surface area contributed by atoms with Crippen molar-refractivity contribution in [1.82, 2.24) is 9.88 Å². The molecule has 0 spiro atoms. The number of benzene rings is 2. The van der Waals surface area contributed by atoms with Gasteiger partial charge in [0.25, 0.3) is 0 Å². The minimum atomic E-state index is -0.717. The summed E-state index contributed by atoms with van der Waals surface area (Å²) >= 11 is 0. The number of aromatic nitrogens is 1. The van der Waals surface area contributed by atoms with Gasteiger partial charge in [-0.2, -0.15) is 0 Å². The summed E-state index contributed by atoms with van der Waals surface area (Å²) in [5.41, 5.74) is 1.83. The maximum Gasteiger partial charge on any atom is 0.245 e. The van der Waals surface area contributed by atoms with E-state index in [-0.39, 0.29) is 29.7 Å². The predicted octanol–water partition coefficient (Wildman–Crippen LogP) is 5.08. The van der Waals surface area contributed by atoms with Crippen LogP contribution >= 0.6 is 0 Å². The van der Waals surface area contributed by atoms with Crippen LogP contribution in [0.15, 0.2) is 55.3 Å². The maximum atomic E-state index is 14.8. The molecule has 3 aromatic rings. The fourth-order valence-electron chi connectivity index (χ4n) is 3.91. The highest BCUT2D eigenvalue weighted by Crippen LogP contribution is 2.34. The van der Waals surface area contributed by atoms with Gasteiger partial charge in [0, 0.05) is 41.8 Å². The van der Waals surface area contributed by atoms with Crippen LogP contribution in [0.25, 0.3) is 21.9 Å². The topological polar surface area (TPSA) is 42.4 Å². The summed E-state index contributed by atoms with van der Waals surface area (Å²) in [4.78, 5) is 18.2. The molecule has 1 fully saturated rings. The first-order valence-corrected chi connectivity index (χ1v) is 9.94. The summed E-state index contributed by atoms with van der Waals surface area (Å²) in [6, 6.07) is 10.2. The van der Waals surface area contributed by atoms with Crippen molar-refractivity contribution < 1.29 is 18.3 Å². The zero-order chi connectivity index (χ0) is 21.3. The smallest absolute Gasteiger partial charge is 0.245 e. The Morgan fingerprint density at radius 3 is 2.87 bits per heavy atom. The molecule has 1 amide bonds. The van der Waals surface area contributed by atoms with E-state index < -0.39 is 11.6 Å². The van der Waals surface area contributed by atoms with Crippen LogP contribution in [0.4, 0.5) is 8.78 Å². The van der Waals surface area contributed by atoms with E-state index in [9.17, 15) is 13.6 Å². The van der Waals surface area contributed by atoms with Crippen LogP contribution < -0.4 is 4.74 Å². The Bertz CT molecular complexity index is 1130. The van der Waals surface area contributed by atoms with Gasteiger partial charge in [0.2, 0.25) is 5.91 Å². The summed E-state index contributed by atoms with van der Waals surface area (Å²) in [5, 5.41) is 1.83. The second-order valence-corrected chi connectivity index (χ2v) is 7.32. The highest BCUT2D eigenvalue weighted by molar-refractivity contribution is 5.88. The van der Waals surface area contributed by atoms with Gasteiger partial charge in [0.1, 0.15) is 0 Å². The quantitative estimate of drug-likeness (QED) is 0.553. The molecular weight excluding hydrogens is 386 g/mol. The van der Waals surface area contributed by atoms with E-state index in [2.05, 4.69) is 11.6 Å². The first-order chi connectivity index (χ1) is 14.5. The number of likely N-dealkylation sites (tertiary alicyclic amines) is 1. The van der Waals surface area contributed by atoms with Gasteiger partial charge in [-0.15, -0.1) is 0 Å². The lowest BCUT2D eigenvalue weighted by atomic mass is 9.98. The van der Waals surface area contributed by atoms with Gasteiger partial charge in [-0.25, -0.2) is 8.78 Å². The molecule has 1 aromatic heterocycles. The van der Waals surface area contributed by atoms with Gasteiger partial charge in [-0.05, 0) is 54.6 Å². The lowest BCUT2D eigenvalue weighted by Crippen LogP contribution is -2.26. The van der Waals surface area contributed by atoms with Crippen LogP contribution in [-0.4, -0.2) is 35.5 Å².